The second kappa shape index (κ2) is 5.70. The third kappa shape index (κ3) is 2.56. The first kappa shape index (κ1) is 14.3. The van der Waals surface area contributed by atoms with E-state index in [4.69, 9.17) is 28.3 Å². The zero-order valence-electron chi connectivity index (χ0n) is 11.0. The zero-order chi connectivity index (χ0) is 15.1. The molecule has 2 aromatic heterocycles. The summed E-state index contributed by atoms with van der Waals surface area (Å²) in [5.74, 6) is 1.44. The fraction of sp³-hybridized carbons (Fsp3) is 0.0714. The van der Waals surface area contributed by atoms with Crippen LogP contribution in [0.15, 0.2) is 46.7 Å². The third-order valence-electron chi connectivity index (χ3n) is 3.11. The largest absolute Gasteiger partial charge is 0.212 e. The van der Waals surface area contributed by atoms with Gasteiger partial charge in [-0.15, -0.1) is 21.5 Å². The highest BCUT2D eigenvalue weighted by Crippen LogP contribution is 2.31. The van der Waals surface area contributed by atoms with E-state index in [0.717, 1.165) is 31.4 Å². The number of nitrogens with zero attached hydrogens (tertiary/aromatic N) is 4. The number of thiophene rings is 1. The van der Waals surface area contributed by atoms with Gasteiger partial charge in [0, 0.05) is 16.3 Å². The van der Waals surface area contributed by atoms with Crippen molar-refractivity contribution in [3.63, 3.8) is 0 Å². The van der Waals surface area contributed by atoms with Crippen molar-refractivity contribution in [3.8, 4) is 11.4 Å². The average molecular weight is 367 g/mol. The van der Waals surface area contributed by atoms with E-state index >= 15 is 0 Å². The SMILES string of the molecule is Clc1cccc(-c2nnc3n2N=C(c2ccc(Cl)s2)CS3)c1. The summed E-state index contributed by atoms with van der Waals surface area (Å²) in [7, 11) is 0. The Morgan fingerprint density at radius 3 is 2.77 bits per heavy atom. The minimum Gasteiger partial charge on any atom is -0.186 e. The summed E-state index contributed by atoms with van der Waals surface area (Å²) in [4.78, 5) is 1.06. The summed E-state index contributed by atoms with van der Waals surface area (Å²) >= 11 is 15.2. The van der Waals surface area contributed by atoms with Crippen LogP contribution in [-0.4, -0.2) is 26.3 Å². The molecule has 1 aliphatic heterocycles. The second-order valence-corrected chi connectivity index (χ2v) is 7.66. The summed E-state index contributed by atoms with van der Waals surface area (Å²) in [5, 5.41) is 14.6. The van der Waals surface area contributed by atoms with Crippen LogP contribution in [0.5, 0.6) is 0 Å². The van der Waals surface area contributed by atoms with Crippen molar-refractivity contribution < 1.29 is 0 Å². The van der Waals surface area contributed by atoms with Crippen molar-refractivity contribution in [2.24, 2.45) is 5.10 Å². The average Bonchev–Trinajstić information content (AvgIpc) is 3.12. The van der Waals surface area contributed by atoms with E-state index in [9.17, 15) is 0 Å². The van der Waals surface area contributed by atoms with E-state index in [2.05, 4.69) is 10.2 Å². The van der Waals surface area contributed by atoms with Gasteiger partial charge < -0.3 is 0 Å². The molecule has 0 aliphatic carbocycles. The van der Waals surface area contributed by atoms with Crippen molar-refractivity contribution in [3.05, 3.63) is 50.6 Å². The molecule has 0 spiro atoms. The first-order chi connectivity index (χ1) is 10.7. The monoisotopic (exact) mass is 366 g/mol. The van der Waals surface area contributed by atoms with Gasteiger partial charge in [-0.3, -0.25) is 0 Å². The first-order valence-electron chi connectivity index (χ1n) is 6.38. The van der Waals surface area contributed by atoms with E-state index in [1.54, 1.807) is 16.4 Å². The molecule has 0 amide bonds. The molecule has 1 aliphatic rings. The molecule has 4 rings (SSSR count). The molecule has 0 bridgehead atoms. The van der Waals surface area contributed by atoms with Gasteiger partial charge in [0.2, 0.25) is 5.16 Å². The zero-order valence-corrected chi connectivity index (χ0v) is 14.2. The van der Waals surface area contributed by atoms with Crippen molar-refractivity contribution in [2.45, 2.75) is 5.16 Å². The molecular formula is C14H8Cl2N4S2. The maximum atomic E-state index is 6.06. The van der Waals surface area contributed by atoms with Crippen LogP contribution in [0.25, 0.3) is 11.4 Å². The molecule has 0 saturated carbocycles. The highest BCUT2D eigenvalue weighted by atomic mass is 35.5. The Balaban J connectivity index is 1.81. The number of fused-ring (bicyclic) bond motifs is 1. The standard InChI is InChI=1S/C14H8Cl2N4S2/c15-9-3-1-2-8(6-9)13-17-18-14-20(13)19-10(7-21-14)11-4-5-12(16)22-11/h1-6H,7H2. The summed E-state index contributed by atoms with van der Waals surface area (Å²) in [6.45, 7) is 0. The Kier molecular flexibility index (Phi) is 3.69. The van der Waals surface area contributed by atoms with Crippen molar-refractivity contribution in [2.75, 3.05) is 5.75 Å². The minimum atomic E-state index is 0.660. The Bertz CT molecular complexity index is 885. The lowest BCUT2D eigenvalue weighted by molar-refractivity contribution is 0.763. The summed E-state index contributed by atoms with van der Waals surface area (Å²) < 4.78 is 2.52. The van der Waals surface area contributed by atoms with Crippen molar-refractivity contribution in [1.82, 2.24) is 14.9 Å². The van der Waals surface area contributed by atoms with Crippen LogP contribution in [0.1, 0.15) is 4.88 Å². The molecule has 0 unspecified atom stereocenters. The maximum absolute atomic E-state index is 6.06. The summed E-state index contributed by atoms with van der Waals surface area (Å²) in [6.07, 6.45) is 0. The van der Waals surface area contributed by atoms with Gasteiger partial charge in [-0.2, -0.15) is 9.78 Å². The van der Waals surface area contributed by atoms with E-state index in [-0.39, 0.29) is 0 Å². The van der Waals surface area contributed by atoms with E-state index in [1.807, 2.05) is 36.4 Å². The van der Waals surface area contributed by atoms with Gasteiger partial charge in [0.15, 0.2) is 5.82 Å². The van der Waals surface area contributed by atoms with Crippen LogP contribution in [0.2, 0.25) is 9.36 Å². The second-order valence-electron chi connectivity index (χ2n) is 4.57. The lowest BCUT2D eigenvalue weighted by Gasteiger charge is -2.12. The van der Waals surface area contributed by atoms with Gasteiger partial charge >= 0.3 is 0 Å². The fourth-order valence-electron chi connectivity index (χ4n) is 2.13. The Hall–Kier alpha value is -1.34. The first-order valence-corrected chi connectivity index (χ1v) is 8.94. The summed E-state index contributed by atoms with van der Waals surface area (Å²) in [6, 6.07) is 11.4. The third-order valence-corrected chi connectivity index (χ3v) is 5.56. The molecule has 3 heterocycles. The molecule has 22 heavy (non-hydrogen) atoms. The molecule has 1 aromatic carbocycles. The normalized spacial score (nSPS) is 13.8. The van der Waals surface area contributed by atoms with Crippen LogP contribution < -0.4 is 0 Å². The van der Waals surface area contributed by atoms with E-state index in [0.29, 0.717) is 10.8 Å². The van der Waals surface area contributed by atoms with Crippen molar-refractivity contribution >= 4 is 52.0 Å². The number of hydrogen-bond donors (Lipinski definition) is 0. The van der Waals surface area contributed by atoms with Gasteiger partial charge in [-0.1, -0.05) is 47.1 Å². The molecule has 0 fully saturated rings. The van der Waals surface area contributed by atoms with Gasteiger partial charge in [0.1, 0.15) is 0 Å². The minimum absolute atomic E-state index is 0.660. The molecule has 110 valence electrons. The molecule has 4 nitrogen and oxygen atoms in total. The molecule has 3 aromatic rings. The van der Waals surface area contributed by atoms with Crippen LogP contribution in [0.4, 0.5) is 0 Å². The number of aromatic nitrogens is 3. The van der Waals surface area contributed by atoms with Gasteiger partial charge in [0.05, 0.1) is 14.9 Å². The lowest BCUT2D eigenvalue weighted by Crippen LogP contribution is -2.12. The highest BCUT2D eigenvalue weighted by molar-refractivity contribution is 7.99. The predicted octanol–water partition coefficient (Wildman–Crippen LogP) is 4.67. The topological polar surface area (TPSA) is 43.1 Å². The van der Waals surface area contributed by atoms with Crippen LogP contribution in [0.3, 0.4) is 0 Å². The number of thioether (sulfide) groups is 1. The maximum Gasteiger partial charge on any atom is 0.212 e. The lowest BCUT2D eigenvalue weighted by atomic mass is 10.2. The number of benzene rings is 1. The molecule has 0 N–H and O–H groups in total. The highest BCUT2D eigenvalue weighted by Gasteiger charge is 2.21. The van der Waals surface area contributed by atoms with Crippen LogP contribution >= 0.6 is 46.3 Å². The van der Waals surface area contributed by atoms with Gasteiger partial charge in [-0.25, -0.2) is 0 Å². The van der Waals surface area contributed by atoms with Crippen LogP contribution in [-0.2, 0) is 0 Å². The Morgan fingerprint density at radius 1 is 1.09 bits per heavy atom. The number of rotatable bonds is 2. The molecule has 8 heteroatoms. The number of hydrogen-bond acceptors (Lipinski definition) is 5. The van der Waals surface area contributed by atoms with E-state index < -0.39 is 0 Å². The summed E-state index contributed by atoms with van der Waals surface area (Å²) in [5.41, 5.74) is 1.86. The molecule has 0 saturated heterocycles. The molecule has 0 radical (unpaired) electrons. The van der Waals surface area contributed by atoms with Gasteiger partial charge in [-0.05, 0) is 24.3 Å². The Morgan fingerprint density at radius 2 is 2.00 bits per heavy atom. The quantitative estimate of drug-likeness (QED) is 0.661. The van der Waals surface area contributed by atoms with Crippen molar-refractivity contribution in [1.29, 1.82) is 0 Å². The van der Waals surface area contributed by atoms with Crippen LogP contribution in [0, 0.1) is 0 Å². The molecule has 0 atom stereocenters. The smallest absolute Gasteiger partial charge is 0.186 e. The van der Waals surface area contributed by atoms with Gasteiger partial charge in [0.25, 0.3) is 0 Å². The predicted molar refractivity (Wildman–Crippen MR) is 92.5 cm³/mol. The number of halogens is 2. The fourth-order valence-corrected chi connectivity index (χ4v) is 4.26. The Labute approximate surface area is 144 Å². The van der Waals surface area contributed by atoms with E-state index in [1.165, 1.54) is 11.3 Å². The molecular weight excluding hydrogens is 359 g/mol.